The molecule has 1 heterocycles. The summed E-state index contributed by atoms with van der Waals surface area (Å²) in [7, 11) is 0. The van der Waals surface area contributed by atoms with E-state index in [1.165, 1.54) is 19.3 Å². The molecule has 2 rings (SSSR count). The molecule has 2 atom stereocenters. The molecular formula is C13H19F2NOS2. The van der Waals surface area contributed by atoms with Gasteiger partial charge in [0.25, 0.3) is 5.76 Å². The minimum absolute atomic E-state index is 0.231. The number of thioether (sulfide) groups is 2. The summed E-state index contributed by atoms with van der Waals surface area (Å²) in [6.07, 6.45) is 5.91. The van der Waals surface area contributed by atoms with Crippen LogP contribution in [0.25, 0.3) is 0 Å². The highest BCUT2D eigenvalue weighted by atomic mass is 32.2. The molecule has 1 fully saturated rings. The van der Waals surface area contributed by atoms with Crippen molar-refractivity contribution in [2.75, 3.05) is 6.26 Å². The molecule has 1 aromatic heterocycles. The largest absolute Gasteiger partial charge is 0.464 e. The van der Waals surface area contributed by atoms with Crippen LogP contribution in [-0.2, 0) is 12.3 Å². The minimum Gasteiger partial charge on any atom is -0.464 e. The fourth-order valence-electron chi connectivity index (χ4n) is 2.41. The van der Waals surface area contributed by atoms with Crippen LogP contribution in [0, 0.1) is 0 Å². The number of nitrogens with one attached hydrogen (secondary N) is 1. The molecule has 1 N–H and O–H groups in total. The maximum atomic E-state index is 12.1. The van der Waals surface area contributed by atoms with Crippen LogP contribution in [0.3, 0.4) is 0 Å². The highest BCUT2D eigenvalue weighted by Gasteiger charge is 2.25. The quantitative estimate of drug-likeness (QED) is 0.819. The van der Waals surface area contributed by atoms with Crippen LogP contribution in [0.1, 0.15) is 30.8 Å². The summed E-state index contributed by atoms with van der Waals surface area (Å²) in [4.78, 5) is 0. The minimum atomic E-state index is -2.34. The predicted molar refractivity (Wildman–Crippen MR) is 77.8 cm³/mol. The highest BCUT2D eigenvalue weighted by Crippen LogP contribution is 2.28. The molecule has 2 nitrogen and oxygen atoms in total. The van der Waals surface area contributed by atoms with Crippen LogP contribution in [0.5, 0.6) is 0 Å². The molecule has 0 bridgehead atoms. The molecule has 0 spiro atoms. The Balaban J connectivity index is 1.76. The Bertz CT molecular complexity index is 386. The van der Waals surface area contributed by atoms with Crippen LogP contribution in [0.2, 0.25) is 0 Å². The Morgan fingerprint density at radius 1 is 1.37 bits per heavy atom. The topological polar surface area (TPSA) is 25.2 Å². The molecule has 0 saturated heterocycles. The number of furan rings is 1. The first kappa shape index (κ1) is 15.2. The molecular weight excluding hydrogens is 288 g/mol. The van der Waals surface area contributed by atoms with E-state index in [0.717, 1.165) is 5.76 Å². The number of rotatable bonds is 7. The smallest absolute Gasteiger partial charge is 0.284 e. The average molecular weight is 307 g/mol. The van der Waals surface area contributed by atoms with Gasteiger partial charge in [-0.2, -0.15) is 20.5 Å². The summed E-state index contributed by atoms with van der Waals surface area (Å²) in [5, 5.41) is 4.19. The van der Waals surface area contributed by atoms with Gasteiger partial charge in [0.15, 0.2) is 0 Å². The second kappa shape index (κ2) is 7.55. The average Bonchev–Trinajstić information content (AvgIpc) is 3.02. The zero-order valence-corrected chi connectivity index (χ0v) is 12.5. The first-order valence-corrected chi connectivity index (χ1v) is 8.76. The first-order valence-electron chi connectivity index (χ1n) is 6.42. The van der Waals surface area contributed by atoms with Crippen molar-refractivity contribution in [2.45, 2.75) is 48.6 Å². The second-order valence-corrected chi connectivity index (χ2v) is 6.69. The van der Waals surface area contributed by atoms with Crippen molar-refractivity contribution in [2.24, 2.45) is 0 Å². The van der Waals surface area contributed by atoms with E-state index in [0.29, 0.717) is 35.4 Å². The third-order valence-electron chi connectivity index (χ3n) is 3.36. The summed E-state index contributed by atoms with van der Waals surface area (Å²) in [5.41, 5.74) is 0. The molecule has 0 amide bonds. The number of alkyl halides is 2. The van der Waals surface area contributed by atoms with Crippen LogP contribution in [-0.4, -0.2) is 23.3 Å². The van der Waals surface area contributed by atoms with Crippen molar-refractivity contribution >= 4 is 23.5 Å². The van der Waals surface area contributed by atoms with Gasteiger partial charge >= 0.3 is 0 Å². The fourth-order valence-corrected chi connectivity index (χ4v) is 3.82. The molecule has 1 aliphatic carbocycles. The van der Waals surface area contributed by atoms with Crippen molar-refractivity contribution in [3.63, 3.8) is 0 Å². The second-order valence-electron chi connectivity index (χ2n) is 4.63. The molecule has 19 heavy (non-hydrogen) atoms. The Kier molecular flexibility index (Phi) is 6.04. The van der Waals surface area contributed by atoms with E-state index in [9.17, 15) is 8.78 Å². The van der Waals surface area contributed by atoms with E-state index >= 15 is 0 Å². The van der Waals surface area contributed by atoms with Gasteiger partial charge in [-0.25, -0.2) is 0 Å². The molecule has 1 aliphatic rings. The van der Waals surface area contributed by atoms with Crippen molar-refractivity contribution in [3.05, 3.63) is 23.7 Å². The molecule has 1 aromatic rings. The Labute approximate surface area is 121 Å². The summed E-state index contributed by atoms with van der Waals surface area (Å²) in [6, 6.07) is 4.20. The van der Waals surface area contributed by atoms with Gasteiger partial charge in [0.2, 0.25) is 0 Å². The predicted octanol–water partition coefficient (Wildman–Crippen LogP) is 4.11. The van der Waals surface area contributed by atoms with Gasteiger partial charge in [-0.15, -0.1) is 0 Å². The summed E-state index contributed by atoms with van der Waals surface area (Å²) in [6.45, 7) is 0.682. The van der Waals surface area contributed by atoms with Gasteiger partial charge in [-0.1, -0.05) is 18.2 Å². The maximum Gasteiger partial charge on any atom is 0.284 e. The summed E-state index contributed by atoms with van der Waals surface area (Å²) >= 11 is 2.51. The van der Waals surface area contributed by atoms with Gasteiger partial charge in [0.05, 0.1) is 12.3 Å². The van der Waals surface area contributed by atoms with Gasteiger partial charge in [-0.3, -0.25) is 0 Å². The highest BCUT2D eigenvalue weighted by molar-refractivity contribution is 7.99. The van der Waals surface area contributed by atoms with Gasteiger partial charge < -0.3 is 9.73 Å². The Morgan fingerprint density at radius 2 is 2.16 bits per heavy atom. The Morgan fingerprint density at radius 3 is 2.89 bits per heavy atom. The third-order valence-corrected chi connectivity index (χ3v) is 5.24. The molecule has 0 radical (unpaired) electrons. The number of hydrogen-bond donors (Lipinski definition) is 1. The third kappa shape index (κ3) is 4.68. The number of halogens is 2. The van der Waals surface area contributed by atoms with Crippen LogP contribution >= 0.6 is 23.5 Å². The summed E-state index contributed by atoms with van der Waals surface area (Å²) < 4.78 is 29.7. The maximum absolute atomic E-state index is 12.1. The molecule has 0 aromatic carbocycles. The lowest BCUT2D eigenvalue weighted by Crippen LogP contribution is -2.33. The molecule has 2 unspecified atom stereocenters. The number of hydrogen-bond acceptors (Lipinski definition) is 4. The van der Waals surface area contributed by atoms with Crippen LogP contribution in [0.4, 0.5) is 8.78 Å². The lowest BCUT2D eigenvalue weighted by molar-refractivity contribution is 0.251. The SMILES string of the molecule is CSC1CCCC1NCc1ccc(CSC(F)F)o1. The van der Waals surface area contributed by atoms with Crippen molar-refractivity contribution in [1.82, 2.24) is 5.32 Å². The van der Waals surface area contributed by atoms with Crippen LogP contribution < -0.4 is 5.32 Å². The monoisotopic (exact) mass is 307 g/mol. The van der Waals surface area contributed by atoms with E-state index in [2.05, 4.69) is 11.6 Å². The van der Waals surface area contributed by atoms with Gasteiger partial charge in [-0.05, 0) is 31.2 Å². The Hall–Kier alpha value is -0.200. The van der Waals surface area contributed by atoms with E-state index in [4.69, 9.17) is 4.42 Å². The molecule has 6 heteroatoms. The van der Waals surface area contributed by atoms with Gasteiger partial charge in [0.1, 0.15) is 11.5 Å². The van der Waals surface area contributed by atoms with E-state index in [1.54, 1.807) is 6.07 Å². The molecule has 108 valence electrons. The van der Waals surface area contributed by atoms with Crippen molar-refractivity contribution in [1.29, 1.82) is 0 Å². The van der Waals surface area contributed by atoms with Crippen LogP contribution in [0.15, 0.2) is 16.5 Å². The van der Waals surface area contributed by atoms with Gasteiger partial charge in [0, 0.05) is 11.3 Å². The van der Waals surface area contributed by atoms with E-state index in [1.807, 2.05) is 17.8 Å². The normalized spacial score (nSPS) is 23.4. The van der Waals surface area contributed by atoms with E-state index < -0.39 is 5.76 Å². The molecule has 1 saturated carbocycles. The molecule has 0 aliphatic heterocycles. The lowest BCUT2D eigenvalue weighted by Gasteiger charge is -2.18. The summed E-state index contributed by atoms with van der Waals surface area (Å²) in [5.74, 6) is -0.659. The zero-order chi connectivity index (χ0) is 13.7. The first-order chi connectivity index (χ1) is 9.19. The van der Waals surface area contributed by atoms with Crippen molar-refractivity contribution < 1.29 is 13.2 Å². The zero-order valence-electron chi connectivity index (χ0n) is 10.9. The fraction of sp³-hybridized carbons (Fsp3) is 0.692. The lowest BCUT2D eigenvalue weighted by atomic mass is 10.2. The van der Waals surface area contributed by atoms with E-state index in [-0.39, 0.29) is 5.75 Å². The van der Waals surface area contributed by atoms with Crippen molar-refractivity contribution in [3.8, 4) is 0 Å². The standard InChI is InChI=1S/C13H19F2NOS2/c1-18-12-4-2-3-11(12)16-7-9-5-6-10(17-9)8-19-13(14)15/h5-6,11-13,16H,2-4,7-8H2,1H3.